The molecule has 1 heterocycles. The SMILES string of the molecule is Cc1nn(-c2ccc(F)cc2)c(C)c1/C=C/C(=O)Nc1cccc(Cl)c1. The summed E-state index contributed by atoms with van der Waals surface area (Å²) < 4.78 is 14.8. The van der Waals surface area contributed by atoms with Crippen LogP contribution in [0.2, 0.25) is 5.02 Å². The second kappa shape index (κ2) is 7.54. The van der Waals surface area contributed by atoms with Crippen molar-refractivity contribution in [3.05, 3.63) is 82.4 Å². The standard InChI is InChI=1S/C20H17ClFN3O/c1-13-19(10-11-20(26)23-17-5-3-4-15(21)12-17)14(2)25(24-13)18-8-6-16(22)7-9-18/h3-12H,1-2H3,(H,23,26)/b11-10+. The van der Waals surface area contributed by atoms with E-state index in [1.54, 1.807) is 47.2 Å². The van der Waals surface area contributed by atoms with Gasteiger partial charge in [0.05, 0.1) is 11.4 Å². The van der Waals surface area contributed by atoms with Gasteiger partial charge in [0.25, 0.3) is 0 Å². The van der Waals surface area contributed by atoms with Crippen molar-refractivity contribution in [2.75, 3.05) is 5.32 Å². The van der Waals surface area contributed by atoms with E-state index in [2.05, 4.69) is 10.4 Å². The number of aryl methyl sites for hydroxylation is 1. The lowest BCUT2D eigenvalue weighted by Gasteiger charge is -2.04. The minimum atomic E-state index is -0.298. The number of hydrogen-bond acceptors (Lipinski definition) is 2. The highest BCUT2D eigenvalue weighted by molar-refractivity contribution is 6.30. The number of hydrogen-bond donors (Lipinski definition) is 1. The van der Waals surface area contributed by atoms with E-state index in [-0.39, 0.29) is 11.7 Å². The molecule has 0 fully saturated rings. The van der Waals surface area contributed by atoms with E-state index >= 15 is 0 Å². The number of benzene rings is 2. The van der Waals surface area contributed by atoms with Gasteiger partial charge >= 0.3 is 0 Å². The summed E-state index contributed by atoms with van der Waals surface area (Å²) in [6, 6.07) is 13.0. The number of carbonyl (C=O) groups is 1. The lowest BCUT2D eigenvalue weighted by Crippen LogP contribution is -2.07. The maximum atomic E-state index is 13.1. The zero-order chi connectivity index (χ0) is 18.7. The van der Waals surface area contributed by atoms with Gasteiger partial charge in [-0.1, -0.05) is 17.7 Å². The molecule has 3 rings (SSSR count). The van der Waals surface area contributed by atoms with Gasteiger partial charge in [-0.05, 0) is 62.4 Å². The van der Waals surface area contributed by atoms with Crippen molar-refractivity contribution < 1.29 is 9.18 Å². The number of nitrogens with one attached hydrogen (secondary N) is 1. The molecule has 1 aromatic heterocycles. The van der Waals surface area contributed by atoms with Crippen LogP contribution in [0.3, 0.4) is 0 Å². The molecular weight excluding hydrogens is 353 g/mol. The Hall–Kier alpha value is -2.92. The Morgan fingerprint density at radius 1 is 1.19 bits per heavy atom. The number of rotatable bonds is 4. The molecular formula is C20H17ClFN3O. The van der Waals surface area contributed by atoms with E-state index in [0.29, 0.717) is 10.7 Å². The van der Waals surface area contributed by atoms with Gasteiger partial charge in [0, 0.05) is 28.0 Å². The van der Waals surface area contributed by atoms with Crippen molar-refractivity contribution in [3.63, 3.8) is 0 Å². The molecule has 0 aliphatic heterocycles. The van der Waals surface area contributed by atoms with Crippen LogP contribution in [0.1, 0.15) is 17.0 Å². The maximum Gasteiger partial charge on any atom is 0.248 e. The number of amides is 1. The van der Waals surface area contributed by atoms with Crippen molar-refractivity contribution in [1.29, 1.82) is 0 Å². The van der Waals surface area contributed by atoms with E-state index in [1.807, 2.05) is 13.8 Å². The van der Waals surface area contributed by atoms with Crippen LogP contribution in [-0.4, -0.2) is 15.7 Å². The zero-order valence-corrected chi connectivity index (χ0v) is 15.1. The maximum absolute atomic E-state index is 13.1. The summed E-state index contributed by atoms with van der Waals surface area (Å²) in [6.07, 6.45) is 3.17. The first-order valence-electron chi connectivity index (χ1n) is 8.01. The fourth-order valence-corrected chi connectivity index (χ4v) is 2.83. The van der Waals surface area contributed by atoms with Gasteiger partial charge in [-0.2, -0.15) is 5.10 Å². The van der Waals surface area contributed by atoms with Crippen molar-refractivity contribution >= 4 is 29.3 Å². The molecule has 0 saturated carbocycles. The number of anilines is 1. The molecule has 0 aliphatic carbocycles. The minimum absolute atomic E-state index is 0.263. The number of nitrogens with zero attached hydrogens (tertiary/aromatic N) is 2. The van der Waals surface area contributed by atoms with Crippen LogP contribution in [-0.2, 0) is 4.79 Å². The summed E-state index contributed by atoms with van der Waals surface area (Å²) in [5.41, 5.74) is 3.87. The zero-order valence-electron chi connectivity index (χ0n) is 14.3. The molecule has 132 valence electrons. The highest BCUT2D eigenvalue weighted by Crippen LogP contribution is 2.20. The van der Waals surface area contributed by atoms with Crippen LogP contribution in [0.15, 0.2) is 54.6 Å². The van der Waals surface area contributed by atoms with Crippen LogP contribution >= 0.6 is 11.6 Å². The molecule has 1 N–H and O–H groups in total. The second-order valence-corrected chi connectivity index (χ2v) is 6.24. The van der Waals surface area contributed by atoms with Gasteiger partial charge in [0.15, 0.2) is 0 Å². The van der Waals surface area contributed by atoms with Crippen LogP contribution in [0, 0.1) is 19.7 Å². The quantitative estimate of drug-likeness (QED) is 0.662. The predicted octanol–water partition coefficient (Wildman–Crippen LogP) is 4.93. The van der Waals surface area contributed by atoms with Crippen LogP contribution in [0.5, 0.6) is 0 Å². The smallest absolute Gasteiger partial charge is 0.248 e. The summed E-state index contributed by atoms with van der Waals surface area (Å²) in [5.74, 6) is -0.561. The van der Waals surface area contributed by atoms with Gasteiger partial charge in [-0.15, -0.1) is 0 Å². The van der Waals surface area contributed by atoms with Crippen molar-refractivity contribution in [2.24, 2.45) is 0 Å². The summed E-state index contributed by atoms with van der Waals surface area (Å²) in [7, 11) is 0. The average Bonchev–Trinajstić information content (AvgIpc) is 2.88. The van der Waals surface area contributed by atoms with Gasteiger partial charge in [0.2, 0.25) is 5.91 Å². The molecule has 1 amide bonds. The van der Waals surface area contributed by atoms with E-state index in [9.17, 15) is 9.18 Å². The Balaban J connectivity index is 1.80. The molecule has 26 heavy (non-hydrogen) atoms. The molecule has 4 nitrogen and oxygen atoms in total. The summed E-state index contributed by atoms with van der Waals surface area (Å²) >= 11 is 5.91. The van der Waals surface area contributed by atoms with E-state index in [4.69, 9.17) is 11.6 Å². The molecule has 2 aromatic carbocycles. The largest absolute Gasteiger partial charge is 0.322 e. The Morgan fingerprint density at radius 3 is 2.62 bits per heavy atom. The molecule has 3 aromatic rings. The summed E-state index contributed by atoms with van der Waals surface area (Å²) in [5, 5.41) is 7.79. The Morgan fingerprint density at radius 2 is 1.92 bits per heavy atom. The molecule has 0 aliphatic rings. The van der Waals surface area contributed by atoms with Crippen molar-refractivity contribution in [1.82, 2.24) is 9.78 Å². The fraction of sp³-hybridized carbons (Fsp3) is 0.100. The normalized spacial score (nSPS) is 11.1. The highest BCUT2D eigenvalue weighted by Gasteiger charge is 2.11. The Labute approximate surface area is 155 Å². The minimum Gasteiger partial charge on any atom is -0.322 e. The molecule has 0 unspecified atom stereocenters. The Kier molecular flexibility index (Phi) is 5.19. The lowest BCUT2D eigenvalue weighted by molar-refractivity contribution is -0.111. The van der Waals surface area contributed by atoms with E-state index < -0.39 is 0 Å². The fourth-order valence-electron chi connectivity index (χ4n) is 2.64. The molecule has 0 saturated heterocycles. The monoisotopic (exact) mass is 369 g/mol. The van der Waals surface area contributed by atoms with Gasteiger partial charge in [0.1, 0.15) is 5.82 Å². The first-order chi connectivity index (χ1) is 12.4. The average molecular weight is 370 g/mol. The van der Waals surface area contributed by atoms with Gasteiger partial charge < -0.3 is 5.32 Å². The van der Waals surface area contributed by atoms with Crippen molar-refractivity contribution in [3.8, 4) is 5.69 Å². The van der Waals surface area contributed by atoms with Crippen molar-refractivity contribution in [2.45, 2.75) is 13.8 Å². The van der Waals surface area contributed by atoms with E-state index in [1.165, 1.54) is 18.2 Å². The molecule has 0 radical (unpaired) electrons. The molecule has 6 heteroatoms. The topological polar surface area (TPSA) is 46.9 Å². The summed E-state index contributed by atoms with van der Waals surface area (Å²) in [6.45, 7) is 3.76. The third-order valence-electron chi connectivity index (χ3n) is 3.91. The van der Waals surface area contributed by atoms with Crippen LogP contribution < -0.4 is 5.32 Å². The van der Waals surface area contributed by atoms with Crippen LogP contribution in [0.25, 0.3) is 11.8 Å². The lowest BCUT2D eigenvalue weighted by atomic mass is 10.2. The van der Waals surface area contributed by atoms with Gasteiger partial charge in [-0.25, -0.2) is 9.07 Å². The van der Waals surface area contributed by atoms with E-state index in [0.717, 1.165) is 22.6 Å². The first-order valence-corrected chi connectivity index (χ1v) is 8.38. The summed E-state index contributed by atoms with van der Waals surface area (Å²) in [4.78, 5) is 12.1. The number of carbonyl (C=O) groups excluding carboxylic acids is 1. The second-order valence-electron chi connectivity index (χ2n) is 5.81. The Bertz CT molecular complexity index is 977. The number of halogens is 2. The van der Waals surface area contributed by atoms with Crippen LogP contribution in [0.4, 0.5) is 10.1 Å². The predicted molar refractivity (Wildman–Crippen MR) is 102 cm³/mol. The molecule has 0 spiro atoms. The van der Waals surface area contributed by atoms with Gasteiger partial charge in [-0.3, -0.25) is 4.79 Å². The molecule has 0 atom stereocenters. The third kappa shape index (κ3) is 4.00. The molecule has 0 bridgehead atoms. The highest BCUT2D eigenvalue weighted by atomic mass is 35.5. The third-order valence-corrected chi connectivity index (χ3v) is 4.15. The number of aromatic nitrogens is 2. The first kappa shape index (κ1) is 17.9.